The summed E-state index contributed by atoms with van der Waals surface area (Å²) in [6.45, 7) is 5.60. The number of nitrogens with one attached hydrogen (secondary N) is 1. The van der Waals surface area contributed by atoms with Crippen LogP contribution in [0.4, 0.5) is 5.69 Å². The number of hydrogen-bond acceptors (Lipinski definition) is 3. The van der Waals surface area contributed by atoms with Crippen molar-refractivity contribution in [1.82, 2.24) is 4.31 Å². The van der Waals surface area contributed by atoms with Crippen LogP contribution in [-0.4, -0.2) is 25.2 Å². The lowest BCUT2D eigenvalue weighted by Gasteiger charge is -2.22. The first-order valence-electron chi connectivity index (χ1n) is 9.83. The van der Waals surface area contributed by atoms with Gasteiger partial charge in [-0.3, -0.25) is 4.79 Å². The van der Waals surface area contributed by atoms with Gasteiger partial charge in [0, 0.05) is 17.3 Å². The average Bonchev–Trinajstić information content (AvgIpc) is 2.71. The lowest BCUT2D eigenvalue weighted by Crippen LogP contribution is -2.37. The Morgan fingerprint density at radius 3 is 2.13 bits per heavy atom. The number of rotatable bonds is 7. The molecule has 0 saturated heterocycles. The fourth-order valence-electron chi connectivity index (χ4n) is 3.18. The molecular formula is C24H25ClN2O3S. The molecule has 1 amide bonds. The summed E-state index contributed by atoms with van der Waals surface area (Å²) >= 11 is 5.91. The summed E-state index contributed by atoms with van der Waals surface area (Å²) in [5.74, 6) is -0.406. The van der Waals surface area contributed by atoms with E-state index in [1.807, 2.05) is 63.2 Å². The van der Waals surface area contributed by atoms with Gasteiger partial charge >= 0.3 is 0 Å². The van der Waals surface area contributed by atoms with E-state index in [1.54, 1.807) is 0 Å². The molecule has 3 rings (SSSR count). The lowest BCUT2D eigenvalue weighted by molar-refractivity contribution is -0.116. The van der Waals surface area contributed by atoms with Crippen LogP contribution in [0.3, 0.4) is 0 Å². The quantitative estimate of drug-likeness (QED) is 0.538. The van der Waals surface area contributed by atoms with E-state index in [0.29, 0.717) is 10.7 Å². The molecule has 0 aliphatic heterocycles. The molecular weight excluding hydrogens is 432 g/mol. The maximum atomic E-state index is 13.3. The van der Waals surface area contributed by atoms with Crippen LogP contribution < -0.4 is 5.32 Å². The van der Waals surface area contributed by atoms with Gasteiger partial charge in [0.1, 0.15) is 0 Å². The largest absolute Gasteiger partial charge is 0.325 e. The zero-order valence-corrected chi connectivity index (χ0v) is 19.3. The van der Waals surface area contributed by atoms with Gasteiger partial charge in [0.2, 0.25) is 15.9 Å². The number of aryl methyl sites for hydroxylation is 3. The summed E-state index contributed by atoms with van der Waals surface area (Å²) in [6, 6.07) is 19.2. The van der Waals surface area contributed by atoms with Crippen LogP contribution in [0.15, 0.2) is 71.6 Å². The molecule has 0 spiro atoms. The molecule has 0 saturated carbocycles. The molecule has 0 heterocycles. The van der Waals surface area contributed by atoms with Crippen molar-refractivity contribution in [2.24, 2.45) is 0 Å². The molecule has 3 aromatic carbocycles. The Balaban J connectivity index is 1.88. The summed E-state index contributed by atoms with van der Waals surface area (Å²) in [4.78, 5) is 12.9. The van der Waals surface area contributed by atoms with Crippen LogP contribution in [-0.2, 0) is 21.4 Å². The van der Waals surface area contributed by atoms with Crippen LogP contribution in [0, 0.1) is 20.8 Å². The van der Waals surface area contributed by atoms with E-state index < -0.39 is 15.9 Å². The third kappa shape index (κ3) is 5.94. The molecule has 5 nitrogen and oxygen atoms in total. The Labute approximate surface area is 188 Å². The first kappa shape index (κ1) is 23.0. The number of nitrogens with zero attached hydrogens (tertiary/aromatic N) is 1. The number of sulfonamides is 1. The van der Waals surface area contributed by atoms with E-state index in [2.05, 4.69) is 5.32 Å². The zero-order valence-electron chi connectivity index (χ0n) is 17.7. The minimum absolute atomic E-state index is 0.0749. The molecule has 1 N–H and O–H groups in total. The minimum atomic E-state index is -3.92. The van der Waals surface area contributed by atoms with Crippen molar-refractivity contribution in [2.45, 2.75) is 32.2 Å². The molecule has 0 aliphatic rings. The highest BCUT2D eigenvalue weighted by Crippen LogP contribution is 2.22. The summed E-state index contributed by atoms with van der Waals surface area (Å²) in [7, 11) is -3.92. The van der Waals surface area contributed by atoms with Crippen LogP contribution in [0.5, 0.6) is 0 Å². The number of halogens is 1. The highest BCUT2D eigenvalue weighted by atomic mass is 35.5. The highest BCUT2D eigenvalue weighted by molar-refractivity contribution is 7.89. The molecule has 0 radical (unpaired) electrons. The third-order valence-electron chi connectivity index (χ3n) is 4.91. The number of hydrogen-bond donors (Lipinski definition) is 1. The van der Waals surface area contributed by atoms with E-state index >= 15 is 0 Å². The standard InChI is InChI=1S/C24H25ClN2O3S/c1-17-4-7-20(8-5-17)15-27(31(29,30)22-11-9-21(25)10-12-22)16-24(28)26-23-13-6-18(2)14-19(23)3/h4-14H,15-16H2,1-3H3,(H,26,28). The summed E-state index contributed by atoms with van der Waals surface area (Å²) in [5, 5.41) is 3.27. The first-order chi connectivity index (χ1) is 14.6. The van der Waals surface area contributed by atoms with Gasteiger partial charge in [-0.25, -0.2) is 8.42 Å². The van der Waals surface area contributed by atoms with Crippen LogP contribution in [0.2, 0.25) is 5.02 Å². The molecule has 3 aromatic rings. The second-order valence-corrected chi connectivity index (χ2v) is 9.95. The number of carbonyl (C=O) groups is 1. The molecule has 0 atom stereocenters. The van der Waals surface area contributed by atoms with Gasteiger partial charge in [-0.2, -0.15) is 4.31 Å². The topological polar surface area (TPSA) is 66.5 Å². The minimum Gasteiger partial charge on any atom is -0.325 e. The summed E-state index contributed by atoms with van der Waals surface area (Å²) in [6.07, 6.45) is 0. The van der Waals surface area contributed by atoms with Gasteiger partial charge in [0.15, 0.2) is 0 Å². The summed E-state index contributed by atoms with van der Waals surface area (Å²) < 4.78 is 27.8. The second kappa shape index (κ2) is 9.64. The van der Waals surface area contributed by atoms with Gasteiger partial charge in [0.05, 0.1) is 11.4 Å². The fraction of sp³-hybridized carbons (Fsp3) is 0.208. The molecule has 0 aromatic heterocycles. The maximum absolute atomic E-state index is 13.3. The third-order valence-corrected chi connectivity index (χ3v) is 6.96. The molecule has 0 fully saturated rings. The molecule has 0 aliphatic carbocycles. The Kier molecular flexibility index (Phi) is 7.15. The van der Waals surface area contributed by atoms with Crippen molar-refractivity contribution < 1.29 is 13.2 Å². The molecule has 7 heteroatoms. The Morgan fingerprint density at radius 2 is 1.52 bits per heavy atom. The smallest absolute Gasteiger partial charge is 0.243 e. The van der Waals surface area contributed by atoms with E-state index in [1.165, 1.54) is 28.6 Å². The number of benzene rings is 3. The number of anilines is 1. The molecule has 0 bridgehead atoms. The van der Waals surface area contributed by atoms with Crippen molar-refractivity contribution in [3.63, 3.8) is 0 Å². The number of amides is 1. The normalized spacial score (nSPS) is 11.5. The van der Waals surface area contributed by atoms with Gasteiger partial charge in [-0.05, 0) is 62.2 Å². The van der Waals surface area contributed by atoms with E-state index in [9.17, 15) is 13.2 Å². The summed E-state index contributed by atoms with van der Waals surface area (Å²) in [5.41, 5.74) is 4.53. The Morgan fingerprint density at radius 1 is 0.903 bits per heavy atom. The van der Waals surface area contributed by atoms with E-state index in [-0.39, 0.29) is 18.0 Å². The predicted octanol–water partition coefficient (Wildman–Crippen LogP) is 5.09. The zero-order chi connectivity index (χ0) is 22.6. The Hall–Kier alpha value is -2.67. The Bertz CT molecular complexity index is 1170. The lowest BCUT2D eigenvalue weighted by atomic mass is 10.1. The monoisotopic (exact) mass is 456 g/mol. The molecule has 31 heavy (non-hydrogen) atoms. The first-order valence-corrected chi connectivity index (χ1v) is 11.7. The van der Waals surface area contributed by atoms with Gasteiger partial charge in [0.25, 0.3) is 0 Å². The fourth-order valence-corrected chi connectivity index (χ4v) is 4.69. The predicted molar refractivity (Wildman–Crippen MR) is 125 cm³/mol. The molecule has 0 unspecified atom stereocenters. The van der Waals surface area contributed by atoms with Crippen molar-refractivity contribution in [3.05, 3.63) is 94.0 Å². The highest BCUT2D eigenvalue weighted by Gasteiger charge is 2.27. The van der Waals surface area contributed by atoms with Crippen molar-refractivity contribution in [3.8, 4) is 0 Å². The van der Waals surface area contributed by atoms with E-state index in [0.717, 1.165) is 22.3 Å². The molecule has 162 valence electrons. The second-order valence-electron chi connectivity index (χ2n) is 7.58. The van der Waals surface area contributed by atoms with Crippen molar-refractivity contribution in [2.75, 3.05) is 11.9 Å². The van der Waals surface area contributed by atoms with Crippen molar-refractivity contribution >= 4 is 33.2 Å². The van der Waals surface area contributed by atoms with Crippen LogP contribution >= 0.6 is 11.6 Å². The number of carbonyl (C=O) groups excluding carboxylic acids is 1. The average molecular weight is 457 g/mol. The van der Waals surface area contributed by atoms with Crippen LogP contribution in [0.25, 0.3) is 0 Å². The van der Waals surface area contributed by atoms with Gasteiger partial charge < -0.3 is 5.32 Å². The van der Waals surface area contributed by atoms with Gasteiger partial charge in [-0.1, -0.05) is 59.1 Å². The maximum Gasteiger partial charge on any atom is 0.243 e. The SMILES string of the molecule is Cc1ccc(CN(CC(=O)Nc2ccc(C)cc2C)S(=O)(=O)c2ccc(Cl)cc2)cc1. The van der Waals surface area contributed by atoms with E-state index in [4.69, 9.17) is 11.6 Å². The van der Waals surface area contributed by atoms with Crippen LogP contribution in [0.1, 0.15) is 22.3 Å². The van der Waals surface area contributed by atoms with Crippen molar-refractivity contribution in [1.29, 1.82) is 0 Å². The van der Waals surface area contributed by atoms with Gasteiger partial charge in [-0.15, -0.1) is 0 Å².